The molecule has 4 heteroatoms. The maximum atomic E-state index is 13.9. The van der Waals surface area contributed by atoms with Gasteiger partial charge in [-0.15, -0.1) is 0 Å². The molecule has 2 aromatic rings. The van der Waals surface area contributed by atoms with Crippen LogP contribution in [0.15, 0.2) is 48.5 Å². The van der Waals surface area contributed by atoms with Crippen LogP contribution in [0.25, 0.3) is 0 Å². The average Bonchev–Trinajstić information content (AvgIpc) is 3.44. The number of anilines is 1. The van der Waals surface area contributed by atoms with Crippen LogP contribution in [0.1, 0.15) is 43.2 Å². The smallest absolute Gasteiger partial charge is 0.228 e. The zero-order valence-electron chi connectivity index (χ0n) is 15.8. The van der Waals surface area contributed by atoms with E-state index in [0.29, 0.717) is 5.56 Å². The minimum atomic E-state index is -0.214. The molecule has 1 heterocycles. The quantitative estimate of drug-likeness (QED) is 0.824. The molecule has 3 atom stereocenters. The first-order valence-corrected chi connectivity index (χ1v) is 9.97. The van der Waals surface area contributed by atoms with E-state index in [0.717, 1.165) is 31.1 Å². The van der Waals surface area contributed by atoms with Gasteiger partial charge in [-0.05, 0) is 67.0 Å². The number of hydrogen-bond acceptors (Lipinski definition) is 2. The molecule has 142 valence electrons. The van der Waals surface area contributed by atoms with Crippen molar-refractivity contribution in [3.05, 3.63) is 65.5 Å². The summed E-state index contributed by atoms with van der Waals surface area (Å²) in [5.74, 6) is 0.427. The van der Waals surface area contributed by atoms with Gasteiger partial charge < -0.3 is 5.32 Å². The van der Waals surface area contributed by atoms with Gasteiger partial charge in [0, 0.05) is 24.7 Å². The Hall–Kier alpha value is -2.20. The molecule has 0 radical (unpaired) electrons. The third-order valence-corrected chi connectivity index (χ3v) is 5.80. The minimum absolute atomic E-state index is 0.00608. The Balaban J connectivity index is 1.31. The lowest BCUT2D eigenvalue weighted by Gasteiger charge is -2.30. The molecule has 0 spiro atoms. The molecule has 4 rings (SSSR count). The number of carbonyl (C=O) groups excluding carboxylic acids is 1. The highest BCUT2D eigenvalue weighted by molar-refractivity contribution is 5.95. The molecule has 2 aromatic carbocycles. The summed E-state index contributed by atoms with van der Waals surface area (Å²) in [6.45, 7) is 5.62. The molecule has 3 nitrogen and oxygen atoms in total. The van der Waals surface area contributed by atoms with Crippen molar-refractivity contribution in [2.24, 2.45) is 11.8 Å². The minimum Gasteiger partial charge on any atom is -0.326 e. The Bertz CT molecular complexity index is 804. The summed E-state index contributed by atoms with van der Waals surface area (Å²) in [5.41, 5.74) is 2.75. The molecule has 0 bridgehead atoms. The summed E-state index contributed by atoms with van der Waals surface area (Å²) in [7, 11) is 0. The van der Waals surface area contributed by atoms with Crippen molar-refractivity contribution < 1.29 is 9.18 Å². The highest BCUT2D eigenvalue weighted by Gasteiger charge is 2.45. The molecule has 0 aromatic heterocycles. The summed E-state index contributed by atoms with van der Waals surface area (Å²) < 4.78 is 13.9. The van der Waals surface area contributed by atoms with E-state index in [-0.39, 0.29) is 23.6 Å². The molecular formula is C23H27FN2O. The molecule has 1 saturated heterocycles. The van der Waals surface area contributed by atoms with Crippen molar-refractivity contribution in [2.75, 3.05) is 18.4 Å². The lowest BCUT2D eigenvalue weighted by molar-refractivity contribution is -0.117. The van der Waals surface area contributed by atoms with Crippen LogP contribution in [0.2, 0.25) is 0 Å². The Labute approximate surface area is 160 Å². The van der Waals surface area contributed by atoms with Gasteiger partial charge in [-0.1, -0.05) is 37.3 Å². The van der Waals surface area contributed by atoms with Crippen molar-refractivity contribution in [2.45, 2.75) is 38.6 Å². The van der Waals surface area contributed by atoms with Crippen molar-refractivity contribution in [1.29, 1.82) is 0 Å². The number of benzene rings is 2. The Kier molecular flexibility index (Phi) is 5.26. The summed E-state index contributed by atoms with van der Waals surface area (Å²) >= 11 is 0. The number of carbonyl (C=O) groups is 1. The Morgan fingerprint density at radius 1 is 1.19 bits per heavy atom. The van der Waals surface area contributed by atoms with E-state index < -0.39 is 0 Å². The van der Waals surface area contributed by atoms with Crippen LogP contribution in [0.4, 0.5) is 10.1 Å². The Morgan fingerprint density at radius 2 is 1.96 bits per heavy atom. The third-order valence-electron chi connectivity index (χ3n) is 5.80. The summed E-state index contributed by atoms with van der Waals surface area (Å²) in [4.78, 5) is 15.0. The fourth-order valence-electron chi connectivity index (χ4n) is 4.22. The lowest BCUT2D eigenvalue weighted by Crippen LogP contribution is -2.33. The van der Waals surface area contributed by atoms with E-state index in [1.54, 1.807) is 12.1 Å². The fraction of sp³-hybridized carbons (Fsp3) is 0.435. The summed E-state index contributed by atoms with van der Waals surface area (Å²) in [6.07, 6.45) is 3.33. The predicted octanol–water partition coefficient (Wildman–Crippen LogP) is 4.80. The number of likely N-dealkylation sites (tertiary alicyclic amines) is 1. The maximum Gasteiger partial charge on any atom is 0.228 e. The normalized spacial score (nSPS) is 25.2. The first kappa shape index (κ1) is 18.2. The molecule has 1 amide bonds. The Morgan fingerprint density at radius 3 is 2.70 bits per heavy atom. The number of hydrogen-bond donors (Lipinski definition) is 1. The molecule has 2 aliphatic rings. The average molecular weight is 366 g/mol. The highest BCUT2D eigenvalue weighted by atomic mass is 19.1. The van der Waals surface area contributed by atoms with Crippen LogP contribution in [0.3, 0.4) is 0 Å². The number of nitrogens with zero attached hydrogens (tertiary/aromatic N) is 1. The number of rotatable bonds is 5. The highest BCUT2D eigenvalue weighted by Crippen LogP contribution is 2.48. The van der Waals surface area contributed by atoms with Gasteiger partial charge in [-0.3, -0.25) is 9.69 Å². The van der Waals surface area contributed by atoms with Crippen LogP contribution in [-0.4, -0.2) is 23.9 Å². The van der Waals surface area contributed by atoms with Gasteiger partial charge in [0.2, 0.25) is 5.91 Å². The SMILES string of the molecule is CC1CCCN(Cc2ccc(NC(=O)C3CC3c3ccccc3F)cc2)C1. The van der Waals surface area contributed by atoms with E-state index in [1.165, 1.54) is 31.0 Å². The number of amides is 1. The van der Waals surface area contributed by atoms with Crippen LogP contribution in [0, 0.1) is 17.7 Å². The number of halogens is 1. The molecule has 1 aliphatic heterocycles. The van der Waals surface area contributed by atoms with Crippen molar-refractivity contribution in [1.82, 2.24) is 4.90 Å². The number of nitrogens with one attached hydrogen (secondary N) is 1. The van der Waals surface area contributed by atoms with E-state index in [9.17, 15) is 9.18 Å². The molecule has 3 unspecified atom stereocenters. The predicted molar refractivity (Wildman–Crippen MR) is 106 cm³/mol. The van der Waals surface area contributed by atoms with Gasteiger partial charge >= 0.3 is 0 Å². The largest absolute Gasteiger partial charge is 0.326 e. The van der Waals surface area contributed by atoms with Gasteiger partial charge in [-0.2, -0.15) is 0 Å². The topological polar surface area (TPSA) is 32.3 Å². The maximum absolute atomic E-state index is 13.9. The van der Waals surface area contributed by atoms with E-state index in [1.807, 2.05) is 18.2 Å². The fourth-order valence-corrected chi connectivity index (χ4v) is 4.22. The lowest BCUT2D eigenvalue weighted by atomic mass is 10.00. The summed E-state index contributed by atoms with van der Waals surface area (Å²) in [5, 5.41) is 2.99. The van der Waals surface area contributed by atoms with Crippen molar-refractivity contribution in [3.8, 4) is 0 Å². The van der Waals surface area contributed by atoms with Crippen LogP contribution >= 0.6 is 0 Å². The molecule has 1 saturated carbocycles. The summed E-state index contributed by atoms with van der Waals surface area (Å²) in [6, 6.07) is 14.9. The second-order valence-electron chi connectivity index (χ2n) is 8.14. The van der Waals surface area contributed by atoms with Gasteiger partial charge in [0.05, 0.1) is 0 Å². The van der Waals surface area contributed by atoms with E-state index in [4.69, 9.17) is 0 Å². The molecule has 1 aliphatic carbocycles. The van der Waals surface area contributed by atoms with Crippen molar-refractivity contribution in [3.63, 3.8) is 0 Å². The first-order valence-electron chi connectivity index (χ1n) is 9.97. The van der Waals surface area contributed by atoms with Crippen LogP contribution in [0.5, 0.6) is 0 Å². The van der Waals surface area contributed by atoms with Gasteiger partial charge in [-0.25, -0.2) is 4.39 Å². The van der Waals surface area contributed by atoms with Gasteiger partial charge in [0.25, 0.3) is 0 Å². The monoisotopic (exact) mass is 366 g/mol. The van der Waals surface area contributed by atoms with Gasteiger partial charge in [0.1, 0.15) is 5.82 Å². The number of piperidine rings is 1. The van der Waals surface area contributed by atoms with Crippen molar-refractivity contribution >= 4 is 11.6 Å². The molecule has 1 N–H and O–H groups in total. The van der Waals surface area contributed by atoms with E-state index in [2.05, 4.69) is 29.3 Å². The second-order valence-corrected chi connectivity index (χ2v) is 8.14. The molecule has 27 heavy (non-hydrogen) atoms. The second kappa shape index (κ2) is 7.81. The molecular weight excluding hydrogens is 339 g/mol. The van der Waals surface area contributed by atoms with Gasteiger partial charge in [0.15, 0.2) is 0 Å². The standard InChI is InChI=1S/C23H27FN2O/c1-16-5-4-12-26(14-16)15-17-8-10-18(11-9-17)25-23(27)21-13-20(21)19-6-2-3-7-22(19)24/h2-3,6-11,16,20-21H,4-5,12-15H2,1H3,(H,25,27). The third kappa shape index (κ3) is 4.38. The van der Waals surface area contributed by atoms with Crippen LogP contribution < -0.4 is 5.32 Å². The van der Waals surface area contributed by atoms with Crippen LogP contribution in [-0.2, 0) is 11.3 Å². The zero-order chi connectivity index (χ0) is 18.8. The first-order chi connectivity index (χ1) is 13.1. The molecule has 2 fully saturated rings. The zero-order valence-corrected chi connectivity index (χ0v) is 15.8. The van der Waals surface area contributed by atoms with E-state index >= 15 is 0 Å².